The van der Waals surface area contributed by atoms with Crippen molar-refractivity contribution >= 4 is 21.6 Å². The highest BCUT2D eigenvalue weighted by molar-refractivity contribution is 9.10. The molecule has 0 N–H and O–H groups in total. The molecule has 0 saturated carbocycles. The Bertz CT molecular complexity index is 779. The second kappa shape index (κ2) is 6.96. The maximum Gasteiger partial charge on any atom is 0.273 e. The fraction of sp³-hybridized carbons (Fsp3) is 0.250. The standard InChI is InChI=1S/C16H14BrNO6/c1-21-14-7-11(18(19)20)2-3-13(14)24-9-10-6-15-16(8-12(10)17)23-5-4-22-15/h2-3,6-8H,4-5,9H2,1H3. The Balaban J connectivity index is 1.79. The van der Waals surface area contributed by atoms with Gasteiger partial charge in [-0.15, -0.1) is 0 Å². The summed E-state index contributed by atoms with van der Waals surface area (Å²) in [6.45, 7) is 1.27. The van der Waals surface area contributed by atoms with E-state index < -0.39 is 4.92 Å². The van der Waals surface area contributed by atoms with Gasteiger partial charge < -0.3 is 18.9 Å². The van der Waals surface area contributed by atoms with Crippen molar-refractivity contribution < 1.29 is 23.9 Å². The summed E-state index contributed by atoms with van der Waals surface area (Å²) in [4.78, 5) is 10.3. The van der Waals surface area contributed by atoms with E-state index in [0.717, 1.165) is 10.0 Å². The van der Waals surface area contributed by atoms with E-state index in [1.54, 1.807) is 0 Å². The summed E-state index contributed by atoms with van der Waals surface area (Å²) < 4.78 is 22.8. The monoisotopic (exact) mass is 395 g/mol. The van der Waals surface area contributed by atoms with Gasteiger partial charge in [-0.2, -0.15) is 0 Å². The highest BCUT2D eigenvalue weighted by atomic mass is 79.9. The Morgan fingerprint density at radius 1 is 1.17 bits per heavy atom. The molecule has 126 valence electrons. The van der Waals surface area contributed by atoms with Gasteiger partial charge in [-0.1, -0.05) is 15.9 Å². The minimum atomic E-state index is -0.482. The molecule has 1 aliphatic heterocycles. The van der Waals surface area contributed by atoms with Crippen molar-refractivity contribution in [2.75, 3.05) is 20.3 Å². The fourth-order valence-corrected chi connectivity index (χ4v) is 2.70. The molecule has 0 spiro atoms. The van der Waals surface area contributed by atoms with Crippen molar-refractivity contribution in [3.8, 4) is 23.0 Å². The lowest BCUT2D eigenvalue weighted by atomic mass is 10.2. The molecule has 0 fully saturated rings. The van der Waals surface area contributed by atoms with Gasteiger partial charge in [0.2, 0.25) is 0 Å². The van der Waals surface area contributed by atoms with Crippen LogP contribution in [0.15, 0.2) is 34.8 Å². The first-order chi connectivity index (χ1) is 11.6. The molecule has 24 heavy (non-hydrogen) atoms. The molecule has 3 rings (SSSR count). The van der Waals surface area contributed by atoms with Crippen LogP contribution >= 0.6 is 15.9 Å². The Kier molecular flexibility index (Phi) is 4.75. The lowest BCUT2D eigenvalue weighted by Crippen LogP contribution is -2.15. The third-order valence-electron chi connectivity index (χ3n) is 3.45. The van der Waals surface area contributed by atoms with Gasteiger partial charge in [-0.3, -0.25) is 10.1 Å². The van der Waals surface area contributed by atoms with E-state index in [2.05, 4.69) is 15.9 Å². The molecule has 0 aromatic heterocycles. The molecule has 0 atom stereocenters. The zero-order valence-electron chi connectivity index (χ0n) is 12.8. The molecule has 2 aromatic rings. The van der Waals surface area contributed by atoms with Crippen molar-refractivity contribution in [3.63, 3.8) is 0 Å². The first kappa shape index (κ1) is 16.4. The average Bonchev–Trinajstić information content (AvgIpc) is 2.59. The zero-order valence-corrected chi connectivity index (χ0v) is 14.4. The number of halogens is 1. The predicted octanol–water partition coefficient (Wildman–Crippen LogP) is 3.72. The number of methoxy groups -OCH3 is 1. The van der Waals surface area contributed by atoms with Gasteiger partial charge in [0.1, 0.15) is 19.8 Å². The van der Waals surface area contributed by atoms with Crippen LogP contribution < -0.4 is 18.9 Å². The summed E-state index contributed by atoms with van der Waals surface area (Å²) >= 11 is 3.48. The van der Waals surface area contributed by atoms with Crippen LogP contribution in [-0.4, -0.2) is 25.2 Å². The molecule has 1 heterocycles. The summed E-state index contributed by atoms with van der Waals surface area (Å²) in [5, 5.41) is 10.8. The molecule has 0 unspecified atom stereocenters. The van der Waals surface area contributed by atoms with Crippen molar-refractivity contribution in [3.05, 3.63) is 50.5 Å². The van der Waals surface area contributed by atoms with Crippen molar-refractivity contribution in [2.45, 2.75) is 6.61 Å². The van der Waals surface area contributed by atoms with Gasteiger partial charge >= 0.3 is 0 Å². The number of non-ortho nitro benzene ring substituents is 1. The highest BCUT2D eigenvalue weighted by Gasteiger charge is 2.16. The van der Waals surface area contributed by atoms with Crippen molar-refractivity contribution in [1.29, 1.82) is 0 Å². The Labute approximate surface area is 146 Å². The van der Waals surface area contributed by atoms with Crippen LogP contribution in [0.4, 0.5) is 5.69 Å². The fourth-order valence-electron chi connectivity index (χ4n) is 2.26. The molecular formula is C16H14BrNO6. The third-order valence-corrected chi connectivity index (χ3v) is 4.19. The number of ether oxygens (including phenoxy) is 4. The Morgan fingerprint density at radius 3 is 2.54 bits per heavy atom. The largest absolute Gasteiger partial charge is 0.493 e. The highest BCUT2D eigenvalue weighted by Crippen LogP contribution is 2.37. The number of hydrogen-bond acceptors (Lipinski definition) is 6. The maximum absolute atomic E-state index is 10.8. The quantitative estimate of drug-likeness (QED) is 0.566. The van der Waals surface area contributed by atoms with E-state index in [0.29, 0.717) is 36.2 Å². The number of benzene rings is 2. The summed E-state index contributed by atoms with van der Waals surface area (Å²) in [5.41, 5.74) is 0.805. The number of fused-ring (bicyclic) bond motifs is 1. The minimum Gasteiger partial charge on any atom is -0.493 e. The summed E-state index contributed by atoms with van der Waals surface area (Å²) in [5.74, 6) is 2.08. The Morgan fingerprint density at radius 2 is 1.88 bits per heavy atom. The van der Waals surface area contributed by atoms with Crippen LogP contribution in [0.3, 0.4) is 0 Å². The number of nitro benzene ring substituents is 1. The summed E-state index contributed by atoms with van der Waals surface area (Å²) in [6.07, 6.45) is 0. The third kappa shape index (κ3) is 3.38. The number of rotatable bonds is 5. The molecule has 0 amide bonds. The lowest BCUT2D eigenvalue weighted by molar-refractivity contribution is -0.385. The maximum atomic E-state index is 10.8. The molecule has 0 saturated heterocycles. The first-order valence-electron chi connectivity index (χ1n) is 7.11. The second-order valence-electron chi connectivity index (χ2n) is 4.97. The van der Waals surface area contributed by atoms with E-state index >= 15 is 0 Å². The van der Waals surface area contributed by atoms with Crippen LogP contribution in [-0.2, 0) is 6.61 Å². The second-order valence-corrected chi connectivity index (χ2v) is 5.82. The minimum absolute atomic E-state index is 0.0558. The van der Waals surface area contributed by atoms with Gasteiger partial charge in [0, 0.05) is 16.1 Å². The summed E-state index contributed by atoms with van der Waals surface area (Å²) in [7, 11) is 1.44. The number of nitro groups is 1. The molecular weight excluding hydrogens is 382 g/mol. The predicted molar refractivity (Wildman–Crippen MR) is 89.1 cm³/mol. The van der Waals surface area contributed by atoms with Gasteiger partial charge in [-0.25, -0.2) is 0 Å². The van der Waals surface area contributed by atoms with Gasteiger partial charge in [0.25, 0.3) is 5.69 Å². The van der Waals surface area contributed by atoms with Crippen molar-refractivity contribution in [1.82, 2.24) is 0 Å². The van der Waals surface area contributed by atoms with Gasteiger partial charge in [0.15, 0.2) is 23.0 Å². The van der Waals surface area contributed by atoms with Crippen LogP contribution in [0.25, 0.3) is 0 Å². The van der Waals surface area contributed by atoms with Crippen molar-refractivity contribution in [2.24, 2.45) is 0 Å². The van der Waals surface area contributed by atoms with Crippen LogP contribution in [0.2, 0.25) is 0 Å². The molecule has 0 bridgehead atoms. The van der Waals surface area contributed by atoms with E-state index in [1.807, 2.05) is 12.1 Å². The van der Waals surface area contributed by atoms with E-state index in [9.17, 15) is 10.1 Å². The normalized spacial score (nSPS) is 12.6. The first-order valence-corrected chi connectivity index (χ1v) is 7.91. The SMILES string of the molecule is COc1cc([N+](=O)[O-])ccc1OCc1cc2c(cc1Br)OCCO2. The molecule has 2 aromatic carbocycles. The molecule has 8 heteroatoms. The zero-order chi connectivity index (χ0) is 17.1. The van der Waals surface area contributed by atoms with Crippen LogP contribution in [0.5, 0.6) is 23.0 Å². The number of hydrogen-bond donors (Lipinski definition) is 0. The van der Waals surface area contributed by atoms with E-state index in [4.69, 9.17) is 18.9 Å². The summed E-state index contributed by atoms with van der Waals surface area (Å²) in [6, 6.07) is 7.89. The molecule has 0 aliphatic carbocycles. The average molecular weight is 396 g/mol. The van der Waals surface area contributed by atoms with Crippen LogP contribution in [0, 0.1) is 10.1 Å². The smallest absolute Gasteiger partial charge is 0.273 e. The van der Waals surface area contributed by atoms with Crippen LogP contribution in [0.1, 0.15) is 5.56 Å². The molecule has 1 aliphatic rings. The van der Waals surface area contributed by atoms with E-state index in [1.165, 1.54) is 25.3 Å². The Hall–Kier alpha value is -2.48. The van der Waals surface area contributed by atoms with Gasteiger partial charge in [0.05, 0.1) is 18.1 Å². The topological polar surface area (TPSA) is 80.1 Å². The lowest BCUT2D eigenvalue weighted by Gasteiger charge is -2.20. The van der Waals surface area contributed by atoms with Gasteiger partial charge in [-0.05, 0) is 18.2 Å². The molecule has 7 nitrogen and oxygen atoms in total. The molecule has 0 radical (unpaired) electrons. The number of nitrogens with zero attached hydrogens (tertiary/aromatic N) is 1. The van der Waals surface area contributed by atoms with E-state index in [-0.39, 0.29) is 12.3 Å².